The van der Waals surface area contributed by atoms with E-state index in [9.17, 15) is 9.59 Å². The lowest BCUT2D eigenvalue weighted by Gasteiger charge is -2.57. The van der Waals surface area contributed by atoms with Crippen LogP contribution in [0.25, 0.3) is 10.9 Å². The van der Waals surface area contributed by atoms with Crippen LogP contribution in [0.2, 0.25) is 5.02 Å². The predicted octanol–water partition coefficient (Wildman–Crippen LogP) is 7.12. The zero-order valence-corrected chi connectivity index (χ0v) is 27.2. The average molecular weight is 651 g/mol. The summed E-state index contributed by atoms with van der Waals surface area (Å²) in [6.07, 6.45) is 5.95. The molecule has 4 aromatic rings. The van der Waals surface area contributed by atoms with Gasteiger partial charge in [-0.3, -0.25) is 9.78 Å². The Labute approximate surface area is 278 Å². The van der Waals surface area contributed by atoms with Crippen LogP contribution in [0.15, 0.2) is 73.7 Å². The molecule has 0 radical (unpaired) electrons. The van der Waals surface area contributed by atoms with E-state index in [1.807, 2.05) is 57.2 Å². The summed E-state index contributed by atoms with van der Waals surface area (Å²) in [7, 11) is 0. The molecule has 10 nitrogen and oxygen atoms in total. The van der Waals surface area contributed by atoms with Crippen LogP contribution in [0.3, 0.4) is 0 Å². The Balaban J connectivity index is 1.16. The zero-order chi connectivity index (χ0) is 33.2. The minimum atomic E-state index is -0.510. The summed E-state index contributed by atoms with van der Waals surface area (Å²) in [5.74, 6) is 7.54. The van der Waals surface area contributed by atoms with Gasteiger partial charge in [-0.25, -0.2) is 14.8 Å². The van der Waals surface area contributed by atoms with Gasteiger partial charge in [0.2, 0.25) is 5.91 Å². The summed E-state index contributed by atoms with van der Waals surface area (Å²) in [5, 5.41) is 7.30. The summed E-state index contributed by atoms with van der Waals surface area (Å²) < 4.78 is 11.3. The summed E-state index contributed by atoms with van der Waals surface area (Å²) >= 11 is 6.54. The molecule has 2 fully saturated rings. The first-order chi connectivity index (χ1) is 22.5. The highest BCUT2D eigenvalue weighted by atomic mass is 35.5. The first kappa shape index (κ1) is 31.8. The number of hydrogen-bond donors (Lipinski definition) is 2. The lowest BCUT2D eigenvalue weighted by molar-refractivity contribution is -0.111. The van der Waals surface area contributed by atoms with Crippen molar-refractivity contribution in [1.82, 2.24) is 19.9 Å². The number of fused-ring (bicyclic) bond motifs is 1. The van der Waals surface area contributed by atoms with Crippen molar-refractivity contribution in [1.29, 1.82) is 0 Å². The molecule has 47 heavy (non-hydrogen) atoms. The number of amides is 2. The van der Waals surface area contributed by atoms with Crippen molar-refractivity contribution in [2.45, 2.75) is 45.8 Å². The largest absolute Gasteiger partial charge is 0.486 e. The molecule has 1 spiro atoms. The first-order valence-electron chi connectivity index (χ1n) is 15.3. The van der Waals surface area contributed by atoms with Gasteiger partial charge in [0, 0.05) is 41.7 Å². The van der Waals surface area contributed by atoms with Crippen LogP contribution in [0.4, 0.5) is 22.0 Å². The number of carbonyl (C=O) groups is 2. The normalized spacial score (nSPS) is 15.1. The maximum Gasteiger partial charge on any atom is 0.410 e. The van der Waals surface area contributed by atoms with Crippen molar-refractivity contribution in [2.75, 3.05) is 23.7 Å². The van der Waals surface area contributed by atoms with Crippen molar-refractivity contribution in [2.24, 2.45) is 11.3 Å². The maximum atomic E-state index is 12.4. The van der Waals surface area contributed by atoms with Crippen LogP contribution in [0.1, 0.15) is 44.9 Å². The lowest BCUT2D eigenvalue weighted by atomic mass is 9.58. The standard InChI is InChI=1S/C36H35ClN6O4/c1-5-32(44)42-29-16-27-30(14-24(29)10-9-23-17-36(18-23)20-43(21-36)34(45)47-35(2,3)4)39-22-40-33(27)41-25-11-12-31(28(37)15-25)46-19-26-8-6-7-13-38-26/h5-8,11-16,22-23H,1,17-21H2,2-4H3,(H,42,44)(H,39,40,41). The van der Waals surface area contributed by atoms with Crippen LogP contribution in [-0.4, -0.2) is 50.5 Å². The lowest BCUT2D eigenvalue weighted by Crippen LogP contribution is -2.64. The van der Waals surface area contributed by atoms with Gasteiger partial charge in [0.15, 0.2) is 0 Å². The molecule has 1 saturated heterocycles. The Bertz CT molecular complexity index is 1900. The molecule has 2 aliphatic rings. The Morgan fingerprint density at radius 2 is 1.94 bits per heavy atom. The number of carbonyl (C=O) groups excluding carboxylic acids is 2. The number of nitrogens with one attached hydrogen (secondary N) is 2. The monoisotopic (exact) mass is 650 g/mol. The second kappa shape index (κ2) is 12.9. The molecule has 2 amide bonds. The molecule has 3 heterocycles. The van der Waals surface area contributed by atoms with Crippen molar-refractivity contribution < 1.29 is 19.1 Å². The fraction of sp³-hybridized carbons (Fsp3) is 0.306. The Morgan fingerprint density at radius 1 is 1.13 bits per heavy atom. The number of rotatable bonds is 7. The van der Waals surface area contributed by atoms with Gasteiger partial charge in [0.05, 0.1) is 27.5 Å². The van der Waals surface area contributed by atoms with Crippen LogP contribution in [0, 0.1) is 23.2 Å². The third-order valence-corrected chi connectivity index (χ3v) is 8.28. The van der Waals surface area contributed by atoms with E-state index < -0.39 is 5.60 Å². The van der Waals surface area contributed by atoms with Crippen LogP contribution in [0.5, 0.6) is 5.75 Å². The van der Waals surface area contributed by atoms with Crippen LogP contribution in [-0.2, 0) is 16.1 Å². The highest BCUT2D eigenvalue weighted by molar-refractivity contribution is 6.32. The quantitative estimate of drug-likeness (QED) is 0.160. The topological polar surface area (TPSA) is 119 Å². The summed E-state index contributed by atoms with van der Waals surface area (Å²) in [6, 6.07) is 14.7. The maximum absolute atomic E-state index is 12.4. The van der Waals surface area contributed by atoms with E-state index in [0.29, 0.717) is 64.1 Å². The van der Waals surface area contributed by atoms with E-state index in [1.165, 1.54) is 12.4 Å². The molecule has 11 heteroatoms. The van der Waals surface area contributed by atoms with Gasteiger partial charge in [-0.1, -0.05) is 36.1 Å². The van der Waals surface area contributed by atoms with E-state index in [1.54, 1.807) is 23.2 Å². The number of ether oxygens (including phenoxy) is 2. The number of likely N-dealkylation sites (tertiary alicyclic amines) is 1. The van der Waals surface area contributed by atoms with Crippen molar-refractivity contribution in [3.8, 4) is 17.6 Å². The zero-order valence-electron chi connectivity index (χ0n) is 26.5. The van der Waals surface area contributed by atoms with Gasteiger partial charge in [0.1, 0.15) is 30.1 Å². The summed E-state index contributed by atoms with van der Waals surface area (Å²) in [5.41, 5.74) is 2.91. The van der Waals surface area contributed by atoms with Crippen molar-refractivity contribution in [3.63, 3.8) is 0 Å². The molecule has 240 valence electrons. The van der Waals surface area contributed by atoms with Crippen LogP contribution < -0.4 is 15.4 Å². The van der Waals surface area contributed by atoms with E-state index in [0.717, 1.165) is 18.5 Å². The third-order valence-electron chi connectivity index (χ3n) is 7.99. The molecule has 1 aliphatic heterocycles. The Hall–Kier alpha value is -5.14. The van der Waals surface area contributed by atoms with Gasteiger partial charge >= 0.3 is 6.09 Å². The molecule has 2 aromatic heterocycles. The van der Waals surface area contributed by atoms with Gasteiger partial charge in [0.25, 0.3) is 0 Å². The molecule has 0 atom stereocenters. The number of halogens is 1. The van der Waals surface area contributed by atoms with E-state index in [2.05, 4.69) is 44.0 Å². The SMILES string of the molecule is C=CC(=O)Nc1cc2c(Nc3ccc(OCc4ccccn4)c(Cl)c3)ncnc2cc1C#CC1CC2(C1)CN(C(=O)OC(C)(C)C)C2. The van der Waals surface area contributed by atoms with Gasteiger partial charge in [-0.15, -0.1) is 0 Å². The highest BCUT2D eigenvalue weighted by Crippen LogP contribution is 2.52. The predicted molar refractivity (Wildman–Crippen MR) is 182 cm³/mol. The fourth-order valence-electron chi connectivity index (χ4n) is 5.81. The van der Waals surface area contributed by atoms with Crippen molar-refractivity contribution >= 4 is 51.7 Å². The fourth-order valence-corrected chi connectivity index (χ4v) is 6.04. The minimum Gasteiger partial charge on any atom is -0.486 e. The van der Waals surface area contributed by atoms with E-state index >= 15 is 0 Å². The van der Waals surface area contributed by atoms with Crippen molar-refractivity contribution in [3.05, 3.63) is 90.0 Å². The van der Waals surface area contributed by atoms with E-state index in [4.69, 9.17) is 21.1 Å². The highest BCUT2D eigenvalue weighted by Gasteiger charge is 2.54. The number of pyridine rings is 1. The van der Waals surface area contributed by atoms with Gasteiger partial charge in [-0.05, 0) is 82.2 Å². The average Bonchev–Trinajstić information content (AvgIpc) is 2.99. The molecule has 0 unspecified atom stereocenters. The van der Waals surface area contributed by atoms with Crippen LogP contribution >= 0.6 is 11.6 Å². The molecular weight excluding hydrogens is 616 g/mol. The minimum absolute atomic E-state index is 0.111. The molecule has 0 bridgehead atoms. The first-order valence-corrected chi connectivity index (χ1v) is 15.7. The second-order valence-electron chi connectivity index (χ2n) is 12.9. The van der Waals surface area contributed by atoms with Gasteiger partial charge < -0.3 is 25.0 Å². The number of anilines is 3. The second-order valence-corrected chi connectivity index (χ2v) is 13.3. The Morgan fingerprint density at radius 3 is 2.64 bits per heavy atom. The summed E-state index contributed by atoms with van der Waals surface area (Å²) in [6.45, 7) is 10.9. The number of aromatic nitrogens is 3. The Kier molecular flexibility index (Phi) is 8.76. The number of benzene rings is 2. The molecule has 1 aliphatic carbocycles. The van der Waals surface area contributed by atoms with Gasteiger partial charge in [-0.2, -0.15) is 0 Å². The molecule has 6 rings (SSSR count). The third kappa shape index (κ3) is 7.47. The molecule has 2 N–H and O–H groups in total. The van der Waals surface area contributed by atoms with E-state index in [-0.39, 0.29) is 23.3 Å². The number of hydrogen-bond acceptors (Lipinski definition) is 8. The summed E-state index contributed by atoms with van der Waals surface area (Å²) in [4.78, 5) is 39.7. The number of nitrogens with zero attached hydrogens (tertiary/aromatic N) is 4. The molecule has 2 aromatic carbocycles. The molecular formula is C36H35ClN6O4. The smallest absolute Gasteiger partial charge is 0.410 e. The molecule has 1 saturated carbocycles.